The van der Waals surface area contributed by atoms with Gasteiger partial charge in [-0.2, -0.15) is 14.0 Å². The van der Waals surface area contributed by atoms with Crippen molar-refractivity contribution < 1.29 is 23.0 Å². The molecule has 0 aromatic heterocycles. The van der Waals surface area contributed by atoms with Crippen LogP contribution in [-0.2, 0) is 9.53 Å². The topological polar surface area (TPSA) is 59.3 Å². The molecule has 1 aromatic rings. The summed E-state index contributed by atoms with van der Waals surface area (Å²) >= 11 is 0. The lowest BCUT2D eigenvalue weighted by Crippen LogP contribution is -2.32. The van der Waals surface area contributed by atoms with Crippen LogP contribution in [0.15, 0.2) is 24.3 Å². The summed E-state index contributed by atoms with van der Waals surface area (Å²) in [6.07, 6.45) is 1.88. The van der Waals surface area contributed by atoms with Crippen LogP contribution >= 0.6 is 0 Å². The number of hydrogen-bond acceptors (Lipinski definition) is 4. The van der Waals surface area contributed by atoms with Crippen LogP contribution in [0.25, 0.3) is 0 Å². The average molecular weight is 295 g/mol. The molecule has 0 aliphatic carbocycles. The lowest BCUT2D eigenvalue weighted by Gasteiger charge is -2.23. The number of alkyl halides is 2. The SMILES string of the molecule is N#CC(C(=O)C1CCCCO1)c1ccc(OC(F)F)cc1. The predicted molar refractivity (Wildman–Crippen MR) is 70.0 cm³/mol. The van der Waals surface area contributed by atoms with Crippen LogP contribution < -0.4 is 4.74 Å². The van der Waals surface area contributed by atoms with Crippen molar-refractivity contribution in [3.63, 3.8) is 0 Å². The second-order valence-corrected chi connectivity index (χ2v) is 4.77. The van der Waals surface area contributed by atoms with E-state index in [0.29, 0.717) is 18.6 Å². The maximum Gasteiger partial charge on any atom is 0.387 e. The van der Waals surface area contributed by atoms with Crippen molar-refractivity contribution in [1.82, 2.24) is 0 Å². The van der Waals surface area contributed by atoms with Gasteiger partial charge in [0.05, 0.1) is 6.07 Å². The second-order valence-electron chi connectivity index (χ2n) is 4.77. The van der Waals surface area contributed by atoms with Gasteiger partial charge in [0, 0.05) is 6.61 Å². The number of ketones is 1. The minimum atomic E-state index is -2.90. The summed E-state index contributed by atoms with van der Waals surface area (Å²) in [5.41, 5.74) is 0.457. The zero-order valence-electron chi connectivity index (χ0n) is 11.3. The van der Waals surface area contributed by atoms with Crippen molar-refractivity contribution in [2.45, 2.75) is 37.9 Å². The van der Waals surface area contributed by atoms with Crippen LogP contribution in [0.4, 0.5) is 8.78 Å². The molecule has 1 saturated heterocycles. The van der Waals surface area contributed by atoms with E-state index in [1.165, 1.54) is 24.3 Å². The van der Waals surface area contributed by atoms with Gasteiger partial charge >= 0.3 is 6.61 Å². The third kappa shape index (κ3) is 3.99. The van der Waals surface area contributed by atoms with E-state index in [4.69, 9.17) is 4.74 Å². The van der Waals surface area contributed by atoms with E-state index in [-0.39, 0.29) is 11.5 Å². The zero-order chi connectivity index (χ0) is 15.2. The van der Waals surface area contributed by atoms with Crippen molar-refractivity contribution in [1.29, 1.82) is 5.26 Å². The Bertz CT molecular complexity index is 519. The molecule has 0 N–H and O–H groups in total. The first-order valence-corrected chi connectivity index (χ1v) is 6.71. The summed E-state index contributed by atoms with van der Waals surface area (Å²) in [6.45, 7) is -2.38. The summed E-state index contributed by atoms with van der Waals surface area (Å²) in [6, 6.07) is 7.50. The highest BCUT2D eigenvalue weighted by atomic mass is 19.3. The number of carbonyl (C=O) groups is 1. The van der Waals surface area contributed by atoms with Gasteiger partial charge in [0.25, 0.3) is 0 Å². The van der Waals surface area contributed by atoms with Gasteiger partial charge in [-0.3, -0.25) is 4.79 Å². The van der Waals surface area contributed by atoms with Gasteiger partial charge in [-0.15, -0.1) is 0 Å². The quantitative estimate of drug-likeness (QED) is 0.837. The summed E-state index contributed by atoms with van der Waals surface area (Å²) in [7, 11) is 0. The van der Waals surface area contributed by atoms with Crippen molar-refractivity contribution in [3.8, 4) is 11.8 Å². The van der Waals surface area contributed by atoms with E-state index < -0.39 is 18.6 Å². The number of benzene rings is 1. The van der Waals surface area contributed by atoms with Crippen LogP contribution in [0.5, 0.6) is 5.75 Å². The lowest BCUT2D eigenvalue weighted by atomic mass is 9.90. The number of nitriles is 1. The molecule has 0 spiro atoms. The van der Waals surface area contributed by atoms with Gasteiger partial charge in [-0.1, -0.05) is 12.1 Å². The Kier molecular flexibility index (Phi) is 5.23. The summed E-state index contributed by atoms with van der Waals surface area (Å²) in [5, 5.41) is 9.22. The molecule has 1 heterocycles. The van der Waals surface area contributed by atoms with E-state index in [2.05, 4.69) is 4.74 Å². The average Bonchev–Trinajstić information content (AvgIpc) is 2.50. The van der Waals surface area contributed by atoms with Crippen molar-refractivity contribution in [2.24, 2.45) is 0 Å². The number of nitrogens with zero attached hydrogens (tertiary/aromatic N) is 1. The molecule has 2 atom stereocenters. The second kappa shape index (κ2) is 7.14. The number of ether oxygens (including phenoxy) is 2. The van der Waals surface area contributed by atoms with E-state index in [1.54, 1.807) is 0 Å². The van der Waals surface area contributed by atoms with Gasteiger partial charge < -0.3 is 9.47 Å². The molecule has 6 heteroatoms. The smallest absolute Gasteiger partial charge is 0.387 e. The Morgan fingerprint density at radius 2 is 2.05 bits per heavy atom. The lowest BCUT2D eigenvalue weighted by molar-refractivity contribution is -0.133. The van der Waals surface area contributed by atoms with Crippen LogP contribution in [0, 0.1) is 11.3 Å². The van der Waals surface area contributed by atoms with Gasteiger partial charge in [-0.25, -0.2) is 0 Å². The zero-order valence-corrected chi connectivity index (χ0v) is 11.3. The highest BCUT2D eigenvalue weighted by Crippen LogP contribution is 2.25. The summed E-state index contributed by atoms with van der Waals surface area (Å²) in [4.78, 5) is 12.3. The van der Waals surface area contributed by atoms with Gasteiger partial charge in [0.2, 0.25) is 0 Å². The Morgan fingerprint density at radius 3 is 2.57 bits per heavy atom. The monoisotopic (exact) mass is 295 g/mol. The van der Waals surface area contributed by atoms with Crippen LogP contribution in [-0.4, -0.2) is 25.1 Å². The Hall–Kier alpha value is -2.00. The molecule has 112 valence electrons. The largest absolute Gasteiger partial charge is 0.435 e. The van der Waals surface area contributed by atoms with E-state index in [0.717, 1.165) is 12.8 Å². The first-order chi connectivity index (χ1) is 10.1. The molecule has 0 amide bonds. The van der Waals surface area contributed by atoms with Gasteiger partial charge in [0.15, 0.2) is 5.78 Å². The van der Waals surface area contributed by atoms with Crippen LogP contribution in [0.1, 0.15) is 30.7 Å². The molecule has 2 rings (SSSR count). The molecule has 1 aliphatic rings. The number of halogens is 2. The Morgan fingerprint density at radius 1 is 1.33 bits per heavy atom. The highest BCUT2D eigenvalue weighted by molar-refractivity contribution is 5.92. The normalized spacial score (nSPS) is 19.8. The predicted octanol–water partition coefficient (Wildman–Crippen LogP) is 3.03. The fraction of sp³-hybridized carbons (Fsp3) is 0.467. The first kappa shape index (κ1) is 15.4. The van der Waals surface area contributed by atoms with Gasteiger partial charge in [-0.05, 0) is 37.0 Å². The summed E-state index contributed by atoms with van der Waals surface area (Å²) < 4.78 is 33.8. The minimum Gasteiger partial charge on any atom is -0.435 e. The molecule has 4 nitrogen and oxygen atoms in total. The number of rotatable bonds is 5. The van der Waals surface area contributed by atoms with Crippen LogP contribution in [0.2, 0.25) is 0 Å². The van der Waals surface area contributed by atoms with E-state index >= 15 is 0 Å². The molecular weight excluding hydrogens is 280 g/mol. The number of carbonyl (C=O) groups excluding carboxylic acids is 1. The van der Waals surface area contributed by atoms with E-state index in [1.807, 2.05) is 6.07 Å². The molecule has 21 heavy (non-hydrogen) atoms. The van der Waals surface area contributed by atoms with Crippen molar-refractivity contribution in [3.05, 3.63) is 29.8 Å². The summed E-state index contributed by atoms with van der Waals surface area (Å²) in [5.74, 6) is -1.24. The molecule has 1 aliphatic heterocycles. The van der Waals surface area contributed by atoms with Crippen LogP contribution in [0.3, 0.4) is 0 Å². The maximum atomic E-state index is 12.3. The minimum absolute atomic E-state index is 0.00759. The molecule has 1 aromatic carbocycles. The fourth-order valence-corrected chi connectivity index (χ4v) is 2.30. The molecular formula is C15H15F2NO3. The highest BCUT2D eigenvalue weighted by Gasteiger charge is 2.30. The molecule has 0 radical (unpaired) electrons. The number of Topliss-reactive ketones (excluding diaryl/α,β-unsaturated/α-hetero) is 1. The molecule has 1 fully saturated rings. The molecule has 0 saturated carbocycles. The standard InChI is InChI=1S/C15H15F2NO3/c16-15(17)21-11-6-4-10(5-7-11)12(9-18)14(19)13-3-1-2-8-20-13/h4-7,12-13,15H,1-3,8H2. The first-order valence-electron chi connectivity index (χ1n) is 6.71. The molecule has 2 unspecified atom stereocenters. The fourth-order valence-electron chi connectivity index (χ4n) is 2.30. The third-order valence-electron chi connectivity index (χ3n) is 3.35. The van der Waals surface area contributed by atoms with Crippen molar-refractivity contribution in [2.75, 3.05) is 6.61 Å². The number of hydrogen-bond donors (Lipinski definition) is 0. The Labute approximate surface area is 121 Å². The Balaban J connectivity index is 2.09. The maximum absolute atomic E-state index is 12.3. The van der Waals surface area contributed by atoms with Gasteiger partial charge in [0.1, 0.15) is 17.8 Å². The third-order valence-corrected chi connectivity index (χ3v) is 3.35. The molecule has 0 bridgehead atoms. The van der Waals surface area contributed by atoms with Crippen molar-refractivity contribution >= 4 is 5.78 Å². The van der Waals surface area contributed by atoms with E-state index in [9.17, 15) is 18.8 Å².